The van der Waals surface area contributed by atoms with Gasteiger partial charge in [-0.05, 0) is 7.05 Å². The highest BCUT2D eigenvalue weighted by Gasteiger charge is 2.14. The lowest BCUT2D eigenvalue weighted by molar-refractivity contribution is -0.0706. The summed E-state index contributed by atoms with van der Waals surface area (Å²) in [6, 6.07) is 0. The molecular formula is C6H16N4OS. The lowest BCUT2D eigenvalue weighted by Gasteiger charge is -2.30. The summed E-state index contributed by atoms with van der Waals surface area (Å²) in [6.45, 7) is 3.98. The van der Waals surface area contributed by atoms with Crippen molar-refractivity contribution >= 4 is 12.2 Å². The fourth-order valence-corrected chi connectivity index (χ4v) is 1.31. The van der Waals surface area contributed by atoms with E-state index in [2.05, 4.69) is 11.9 Å². The van der Waals surface area contributed by atoms with Gasteiger partial charge in [0.05, 0.1) is 0 Å². The SMILES string of the molecule is CN1CCN(OSN(C)N)CC1. The normalized spacial score (nSPS) is 22.0. The molecular weight excluding hydrogens is 176 g/mol. The van der Waals surface area contributed by atoms with E-state index in [1.807, 2.05) is 5.06 Å². The van der Waals surface area contributed by atoms with Gasteiger partial charge in [0, 0.05) is 33.2 Å². The van der Waals surface area contributed by atoms with Crippen LogP contribution in [0.4, 0.5) is 0 Å². The van der Waals surface area contributed by atoms with Crippen molar-refractivity contribution in [2.45, 2.75) is 0 Å². The molecule has 0 aliphatic carbocycles. The van der Waals surface area contributed by atoms with Crippen LogP contribution in [0.5, 0.6) is 0 Å². The first-order chi connectivity index (χ1) is 5.68. The largest absolute Gasteiger partial charge is 0.304 e. The zero-order valence-corrected chi connectivity index (χ0v) is 8.38. The van der Waals surface area contributed by atoms with Crippen molar-refractivity contribution in [3.8, 4) is 0 Å². The Hall–Kier alpha value is 0.150. The zero-order valence-electron chi connectivity index (χ0n) is 7.56. The third kappa shape index (κ3) is 3.70. The molecule has 0 spiro atoms. The third-order valence-corrected chi connectivity index (χ3v) is 2.23. The van der Waals surface area contributed by atoms with Crippen molar-refractivity contribution in [2.24, 2.45) is 5.84 Å². The van der Waals surface area contributed by atoms with Crippen molar-refractivity contribution in [1.82, 2.24) is 14.4 Å². The molecule has 6 heteroatoms. The van der Waals surface area contributed by atoms with Crippen LogP contribution >= 0.6 is 12.2 Å². The maximum atomic E-state index is 5.37. The van der Waals surface area contributed by atoms with Crippen molar-refractivity contribution < 1.29 is 4.28 Å². The highest BCUT2D eigenvalue weighted by atomic mass is 32.2. The molecule has 0 aromatic carbocycles. The molecule has 0 bridgehead atoms. The van der Waals surface area contributed by atoms with E-state index >= 15 is 0 Å². The van der Waals surface area contributed by atoms with Crippen LogP contribution in [0.25, 0.3) is 0 Å². The molecule has 0 saturated carbocycles. The lowest BCUT2D eigenvalue weighted by Crippen LogP contribution is -2.43. The molecule has 2 N–H and O–H groups in total. The Morgan fingerprint density at radius 1 is 1.33 bits per heavy atom. The number of nitrogens with zero attached hydrogens (tertiary/aromatic N) is 3. The number of piperazine rings is 1. The van der Waals surface area contributed by atoms with Gasteiger partial charge in [-0.15, -0.1) is 0 Å². The fourth-order valence-electron chi connectivity index (χ4n) is 0.962. The summed E-state index contributed by atoms with van der Waals surface area (Å²) in [7, 11) is 3.86. The predicted molar refractivity (Wildman–Crippen MR) is 49.7 cm³/mol. The van der Waals surface area contributed by atoms with Gasteiger partial charge in [0.1, 0.15) is 12.2 Å². The topological polar surface area (TPSA) is 45.0 Å². The van der Waals surface area contributed by atoms with Crippen LogP contribution in [0.2, 0.25) is 0 Å². The van der Waals surface area contributed by atoms with Crippen LogP contribution in [-0.4, -0.2) is 54.7 Å². The molecule has 1 heterocycles. The minimum atomic E-state index is 0.942. The Morgan fingerprint density at radius 2 is 1.92 bits per heavy atom. The molecule has 0 atom stereocenters. The Labute approximate surface area is 77.7 Å². The number of nitrogens with two attached hydrogens (primary N) is 1. The molecule has 0 aromatic heterocycles. The Morgan fingerprint density at radius 3 is 2.42 bits per heavy atom. The van der Waals surface area contributed by atoms with E-state index in [9.17, 15) is 0 Å². The second-order valence-corrected chi connectivity index (χ2v) is 3.80. The van der Waals surface area contributed by atoms with Gasteiger partial charge < -0.3 is 4.90 Å². The second-order valence-electron chi connectivity index (χ2n) is 2.93. The van der Waals surface area contributed by atoms with Gasteiger partial charge in [0.15, 0.2) is 0 Å². The summed E-state index contributed by atoms with van der Waals surface area (Å²) in [5, 5.41) is 1.92. The van der Waals surface area contributed by atoms with Crippen LogP contribution in [0.1, 0.15) is 0 Å². The molecule has 0 unspecified atom stereocenters. The van der Waals surface area contributed by atoms with Crippen molar-refractivity contribution in [3.63, 3.8) is 0 Å². The molecule has 1 rings (SSSR count). The van der Waals surface area contributed by atoms with E-state index in [4.69, 9.17) is 10.1 Å². The fraction of sp³-hybridized carbons (Fsp3) is 1.00. The average Bonchev–Trinajstić information content (AvgIpc) is 2.03. The monoisotopic (exact) mass is 192 g/mol. The van der Waals surface area contributed by atoms with Crippen molar-refractivity contribution in [2.75, 3.05) is 40.3 Å². The number of hydrazine groups is 1. The maximum Gasteiger partial charge on any atom is 0.120 e. The zero-order chi connectivity index (χ0) is 8.97. The summed E-state index contributed by atoms with van der Waals surface area (Å²) in [4.78, 5) is 2.27. The van der Waals surface area contributed by atoms with E-state index in [0.29, 0.717) is 0 Å². The van der Waals surface area contributed by atoms with Gasteiger partial charge in [-0.1, -0.05) is 0 Å². The van der Waals surface area contributed by atoms with Gasteiger partial charge >= 0.3 is 0 Å². The van der Waals surface area contributed by atoms with Crippen molar-refractivity contribution in [1.29, 1.82) is 0 Å². The summed E-state index contributed by atoms with van der Waals surface area (Å²) in [5.41, 5.74) is 0. The van der Waals surface area contributed by atoms with E-state index < -0.39 is 0 Å². The van der Waals surface area contributed by atoms with Crippen LogP contribution in [0, 0.1) is 0 Å². The molecule has 1 saturated heterocycles. The number of rotatable bonds is 3. The first-order valence-electron chi connectivity index (χ1n) is 3.95. The van der Waals surface area contributed by atoms with E-state index in [1.54, 1.807) is 7.05 Å². The minimum Gasteiger partial charge on any atom is -0.304 e. The third-order valence-electron chi connectivity index (χ3n) is 1.72. The van der Waals surface area contributed by atoms with E-state index in [-0.39, 0.29) is 0 Å². The standard InChI is InChI=1S/C6H16N4OS/c1-8-3-5-10(6-4-8)11-12-9(2)7/h3-7H2,1-2H3. The molecule has 0 aromatic rings. The van der Waals surface area contributed by atoms with Crippen LogP contribution in [0.3, 0.4) is 0 Å². The quantitative estimate of drug-likeness (QED) is 0.282. The first-order valence-corrected chi connectivity index (χ1v) is 4.65. The maximum absolute atomic E-state index is 5.37. The molecule has 72 valence electrons. The predicted octanol–water partition coefficient (Wildman–Crippen LogP) is -0.466. The van der Waals surface area contributed by atoms with Gasteiger partial charge in [0.25, 0.3) is 0 Å². The Bertz CT molecular complexity index is 127. The van der Waals surface area contributed by atoms with Gasteiger partial charge in [0.2, 0.25) is 0 Å². The number of hydroxylamine groups is 2. The smallest absolute Gasteiger partial charge is 0.120 e. The highest BCUT2D eigenvalue weighted by molar-refractivity contribution is 7.92. The summed E-state index contributed by atoms with van der Waals surface area (Å²) >= 11 is 1.16. The van der Waals surface area contributed by atoms with Crippen molar-refractivity contribution in [3.05, 3.63) is 0 Å². The molecule has 5 nitrogen and oxygen atoms in total. The highest BCUT2D eigenvalue weighted by Crippen LogP contribution is 2.09. The summed E-state index contributed by atoms with van der Waals surface area (Å²) < 4.78 is 6.76. The van der Waals surface area contributed by atoms with Crippen LogP contribution in [-0.2, 0) is 4.28 Å². The molecule has 0 amide bonds. The average molecular weight is 192 g/mol. The van der Waals surface area contributed by atoms with Crippen LogP contribution < -0.4 is 5.84 Å². The number of likely N-dealkylation sites (N-methyl/N-ethyl adjacent to an activating group) is 1. The van der Waals surface area contributed by atoms with E-state index in [0.717, 1.165) is 38.4 Å². The summed E-state index contributed by atoms with van der Waals surface area (Å²) in [5.74, 6) is 5.37. The molecule has 1 fully saturated rings. The number of hydrogen-bond donors (Lipinski definition) is 1. The van der Waals surface area contributed by atoms with Crippen LogP contribution in [0.15, 0.2) is 0 Å². The van der Waals surface area contributed by atoms with E-state index in [1.165, 1.54) is 4.41 Å². The number of hydrogen-bond acceptors (Lipinski definition) is 6. The molecule has 0 radical (unpaired) electrons. The Balaban J connectivity index is 2.09. The first kappa shape index (κ1) is 10.2. The van der Waals surface area contributed by atoms with Gasteiger partial charge in [-0.3, -0.25) is 5.84 Å². The molecule has 12 heavy (non-hydrogen) atoms. The molecule has 1 aliphatic rings. The minimum absolute atomic E-state index is 0.942. The molecule has 1 aliphatic heterocycles. The summed E-state index contributed by atoms with van der Waals surface area (Å²) in [6.07, 6.45) is 0. The Kier molecular flexibility index (Phi) is 4.27. The lowest BCUT2D eigenvalue weighted by atomic mass is 10.4. The van der Waals surface area contributed by atoms with Gasteiger partial charge in [-0.2, -0.15) is 9.48 Å². The second kappa shape index (κ2) is 5.00. The van der Waals surface area contributed by atoms with Gasteiger partial charge in [-0.25, -0.2) is 4.28 Å².